The van der Waals surface area contributed by atoms with Crippen molar-refractivity contribution >= 4 is 0 Å². The molecule has 18 heavy (non-hydrogen) atoms. The van der Waals surface area contributed by atoms with E-state index in [9.17, 15) is 5.11 Å². The van der Waals surface area contributed by atoms with Gasteiger partial charge in [0.15, 0.2) is 0 Å². The molecule has 0 heterocycles. The molecular weight excluding hydrogens is 224 g/mol. The van der Waals surface area contributed by atoms with Crippen molar-refractivity contribution in [3.05, 3.63) is 29.8 Å². The Morgan fingerprint density at radius 2 is 1.83 bits per heavy atom. The van der Waals surface area contributed by atoms with Crippen LogP contribution in [0.1, 0.15) is 30.9 Å². The van der Waals surface area contributed by atoms with Crippen molar-refractivity contribution in [3.8, 4) is 5.75 Å². The summed E-state index contributed by atoms with van der Waals surface area (Å²) in [6.45, 7) is 0. The van der Waals surface area contributed by atoms with Gasteiger partial charge in [0.05, 0.1) is 13.2 Å². The van der Waals surface area contributed by atoms with E-state index in [0.717, 1.165) is 35.0 Å². The lowest BCUT2D eigenvalue weighted by Gasteiger charge is -2.17. The molecule has 1 N–H and O–H groups in total. The Bertz CT molecular complexity index is 454. The summed E-state index contributed by atoms with van der Waals surface area (Å²) in [5, 5.41) is 10.7. The second-order valence-electron chi connectivity index (χ2n) is 6.25. The van der Waals surface area contributed by atoms with Gasteiger partial charge >= 0.3 is 0 Å². The average Bonchev–Trinajstić information content (AvgIpc) is 2.85. The van der Waals surface area contributed by atoms with Crippen LogP contribution in [-0.4, -0.2) is 12.2 Å². The maximum atomic E-state index is 10.7. The van der Waals surface area contributed by atoms with Gasteiger partial charge in [0.1, 0.15) is 5.75 Å². The first-order chi connectivity index (χ1) is 8.81. The van der Waals surface area contributed by atoms with Gasteiger partial charge in [-0.2, -0.15) is 0 Å². The van der Waals surface area contributed by atoms with Crippen LogP contribution in [0.2, 0.25) is 0 Å². The number of aliphatic hydroxyl groups excluding tert-OH is 1. The van der Waals surface area contributed by atoms with Crippen molar-refractivity contribution in [2.24, 2.45) is 29.6 Å². The Morgan fingerprint density at radius 1 is 1.17 bits per heavy atom. The molecule has 2 nitrogen and oxygen atoms in total. The number of benzene rings is 1. The monoisotopic (exact) mass is 244 g/mol. The van der Waals surface area contributed by atoms with E-state index >= 15 is 0 Å². The standard InChI is InChI=1S/C16H20O2/c1-18-12-5-3-2-4-11(12)16(17)15-13-9-6-7-10(8-9)14(13)15/h2-5,9-10,13-17H,6-8H2,1H3. The van der Waals surface area contributed by atoms with Gasteiger partial charge in [0.25, 0.3) is 0 Å². The van der Waals surface area contributed by atoms with E-state index in [1.807, 2.05) is 24.3 Å². The second kappa shape index (κ2) is 3.74. The first kappa shape index (κ1) is 10.9. The van der Waals surface area contributed by atoms with Crippen molar-refractivity contribution < 1.29 is 9.84 Å². The number of fused-ring (bicyclic) bond motifs is 5. The van der Waals surface area contributed by atoms with Crippen LogP contribution in [0.15, 0.2) is 24.3 Å². The molecule has 0 aromatic heterocycles. The zero-order valence-electron chi connectivity index (χ0n) is 10.8. The maximum absolute atomic E-state index is 10.7. The number of hydrogen-bond donors (Lipinski definition) is 1. The molecule has 96 valence electrons. The molecule has 2 heteroatoms. The molecule has 3 aliphatic rings. The predicted molar refractivity (Wildman–Crippen MR) is 69.3 cm³/mol. The van der Waals surface area contributed by atoms with Crippen molar-refractivity contribution in [1.29, 1.82) is 0 Å². The fraction of sp³-hybridized carbons (Fsp3) is 0.625. The Morgan fingerprint density at radius 3 is 2.50 bits per heavy atom. The van der Waals surface area contributed by atoms with Crippen LogP contribution in [-0.2, 0) is 0 Å². The van der Waals surface area contributed by atoms with Gasteiger partial charge in [-0.15, -0.1) is 0 Å². The molecule has 3 fully saturated rings. The minimum Gasteiger partial charge on any atom is -0.496 e. The van der Waals surface area contributed by atoms with E-state index in [4.69, 9.17) is 4.74 Å². The third-order valence-electron chi connectivity index (χ3n) is 5.62. The van der Waals surface area contributed by atoms with E-state index in [2.05, 4.69) is 0 Å². The minimum absolute atomic E-state index is 0.320. The molecule has 5 unspecified atom stereocenters. The van der Waals surface area contributed by atoms with Crippen molar-refractivity contribution in [2.75, 3.05) is 7.11 Å². The first-order valence-electron chi connectivity index (χ1n) is 7.12. The molecule has 0 aliphatic heterocycles. The summed E-state index contributed by atoms with van der Waals surface area (Å²) >= 11 is 0. The molecule has 0 amide bonds. The van der Waals surface area contributed by atoms with Crippen LogP contribution >= 0.6 is 0 Å². The third kappa shape index (κ3) is 1.33. The highest BCUT2D eigenvalue weighted by Crippen LogP contribution is 2.72. The average molecular weight is 244 g/mol. The molecule has 1 aromatic carbocycles. The second-order valence-corrected chi connectivity index (χ2v) is 6.25. The highest BCUT2D eigenvalue weighted by Gasteiger charge is 2.66. The third-order valence-corrected chi connectivity index (χ3v) is 5.62. The normalized spacial score (nSPS) is 41.6. The van der Waals surface area contributed by atoms with E-state index < -0.39 is 0 Å². The van der Waals surface area contributed by atoms with Gasteiger partial charge < -0.3 is 9.84 Å². The molecule has 3 aliphatic carbocycles. The lowest BCUT2D eigenvalue weighted by molar-refractivity contribution is 0.127. The maximum Gasteiger partial charge on any atom is 0.124 e. The van der Waals surface area contributed by atoms with E-state index in [0.29, 0.717) is 5.92 Å². The molecular formula is C16H20O2. The molecule has 2 bridgehead atoms. The summed E-state index contributed by atoms with van der Waals surface area (Å²) in [4.78, 5) is 0. The number of methoxy groups -OCH3 is 1. The molecule has 0 saturated heterocycles. The number of ether oxygens (including phenoxy) is 1. The Hall–Kier alpha value is -1.02. The van der Waals surface area contributed by atoms with Crippen LogP contribution in [0, 0.1) is 29.6 Å². The van der Waals surface area contributed by atoms with Gasteiger partial charge in [-0.3, -0.25) is 0 Å². The molecule has 1 aromatic rings. The van der Waals surface area contributed by atoms with Crippen LogP contribution < -0.4 is 4.74 Å². The minimum atomic E-state index is -0.320. The van der Waals surface area contributed by atoms with Crippen molar-refractivity contribution in [1.82, 2.24) is 0 Å². The van der Waals surface area contributed by atoms with Gasteiger partial charge in [0, 0.05) is 5.56 Å². The lowest BCUT2D eigenvalue weighted by atomic mass is 9.94. The van der Waals surface area contributed by atoms with Crippen LogP contribution in [0.3, 0.4) is 0 Å². The van der Waals surface area contributed by atoms with Gasteiger partial charge in [-0.05, 0) is 54.9 Å². The fourth-order valence-corrected chi connectivity index (χ4v) is 4.93. The highest BCUT2D eigenvalue weighted by molar-refractivity contribution is 5.37. The molecule has 0 spiro atoms. The van der Waals surface area contributed by atoms with E-state index in [1.54, 1.807) is 7.11 Å². The summed E-state index contributed by atoms with van der Waals surface area (Å²) in [7, 11) is 1.68. The van der Waals surface area contributed by atoms with E-state index in [-0.39, 0.29) is 6.10 Å². The summed E-state index contributed by atoms with van der Waals surface area (Å²) < 4.78 is 5.38. The van der Waals surface area contributed by atoms with Crippen LogP contribution in [0.4, 0.5) is 0 Å². The largest absolute Gasteiger partial charge is 0.496 e. The van der Waals surface area contributed by atoms with Crippen molar-refractivity contribution in [3.63, 3.8) is 0 Å². The predicted octanol–water partition coefficient (Wildman–Crippen LogP) is 3.02. The van der Waals surface area contributed by atoms with Gasteiger partial charge in [0.2, 0.25) is 0 Å². The SMILES string of the molecule is COc1ccccc1C(O)C1C2C3CCC(C3)C21. The lowest BCUT2D eigenvalue weighted by Crippen LogP contribution is -2.09. The Balaban J connectivity index is 1.60. The number of hydrogen-bond acceptors (Lipinski definition) is 2. The Kier molecular flexibility index (Phi) is 2.25. The molecule has 4 rings (SSSR count). The van der Waals surface area contributed by atoms with Crippen LogP contribution in [0.25, 0.3) is 0 Å². The smallest absolute Gasteiger partial charge is 0.124 e. The number of aliphatic hydroxyl groups is 1. The summed E-state index contributed by atoms with van der Waals surface area (Å²) in [5.41, 5.74) is 0.985. The highest BCUT2D eigenvalue weighted by atomic mass is 16.5. The molecule has 3 saturated carbocycles. The molecule has 0 radical (unpaired) electrons. The topological polar surface area (TPSA) is 29.5 Å². The van der Waals surface area contributed by atoms with E-state index in [1.165, 1.54) is 19.3 Å². The number of para-hydroxylation sites is 1. The fourth-order valence-electron chi connectivity index (χ4n) is 4.93. The zero-order valence-corrected chi connectivity index (χ0v) is 10.8. The molecule has 5 atom stereocenters. The first-order valence-corrected chi connectivity index (χ1v) is 7.12. The van der Waals surface area contributed by atoms with Crippen molar-refractivity contribution in [2.45, 2.75) is 25.4 Å². The van der Waals surface area contributed by atoms with Crippen LogP contribution in [0.5, 0.6) is 5.75 Å². The van der Waals surface area contributed by atoms with Gasteiger partial charge in [-0.1, -0.05) is 18.2 Å². The quantitative estimate of drug-likeness (QED) is 0.885. The summed E-state index contributed by atoms with van der Waals surface area (Å²) in [5.74, 6) is 4.78. The zero-order chi connectivity index (χ0) is 12.3. The summed E-state index contributed by atoms with van der Waals surface area (Å²) in [6.07, 6.45) is 3.92. The Labute approximate surface area is 108 Å². The summed E-state index contributed by atoms with van der Waals surface area (Å²) in [6, 6.07) is 7.92. The number of rotatable bonds is 3. The van der Waals surface area contributed by atoms with Gasteiger partial charge in [-0.25, -0.2) is 0 Å².